The van der Waals surface area contributed by atoms with Gasteiger partial charge in [0.1, 0.15) is 17.4 Å². The van der Waals surface area contributed by atoms with Gasteiger partial charge in [0.05, 0.1) is 29.3 Å². The largest absolute Gasteiger partial charge is 0.444 e. The van der Waals surface area contributed by atoms with Crippen molar-refractivity contribution in [2.24, 2.45) is 0 Å². The highest BCUT2D eigenvalue weighted by Gasteiger charge is 2.12. The average molecular weight is 291 g/mol. The van der Waals surface area contributed by atoms with Gasteiger partial charge in [0, 0.05) is 6.54 Å². The van der Waals surface area contributed by atoms with Crippen molar-refractivity contribution in [3.8, 4) is 0 Å². The molecule has 2 heterocycles. The van der Waals surface area contributed by atoms with Gasteiger partial charge in [-0.3, -0.25) is 10.1 Å². The molecule has 2 aromatic rings. The molecule has 8 heteroatoms. The Kier molecular flexibility index (Phi) is 4.36. The average Bonchev–Trinajstić information content (AvgIpc) is 2.76. The normalized spacial score (nSPS) is 10.4. The molecule has 2 rings (SSSR count). The van der Waals surface area contributed by atoms with Crippen LogP contribution < -0.4 is 10.6 Å². The van der Waals surface area contributed by atoms with Gasteiger partial charge in [-0.15, -0.1) is 0 Å². The van der Waals surface area contributed by atoms with Gasteiger partial charge in [-0.2, -0.15) is 0 Å². The summed E-state index contributed by atoms with van der Waals surface area (Å²) in [5.41, 5.74) is 0.801. The van der Waals surface area contributed by atoms with E-state index in [2.05, 4.69) is 20.6 Å². The van der Waals surface area contributed by atoms with E-state index in [4.69, 9.17) is 4.42 Å². The summed E-state index contributed by atoms with van der Waals surface area (Å²) in [7, 11) is 0. The van der Waals surface area contributed by atoms with E-state index in [-0.39, 0.29) is 5.69 Å². The zero-order valence-corrected chi connectivity index (χ0v) is 12.1. The Morgan fingerprint density at radius 2 is 1.90 bits per heavy atom. The van der Waals surface area contributed by atoms with Crippen LogP contribution in [0.15, 0.2) is 16.5 Å². The van der Waals surface area contributed by atoms with Gasteiger partial charge in [0.2, 0.25) is 5.89 Å². The van der Waals surface area contributed by atoms with E-state index in [9.17, 15) is 10.1 Å². The summed E-state index contributed by atoms with van der Waals surface area (Å²) in [6.45, 7) is 6.53. The monoisotopic (exact) mass is 291 g/mol. The molecule has 0 aliphatic heterocycles. The van der Waals surface area contributed by atoms with Crippen molar-refractivity contribution in [2.75, 3.05) is 17.2 Å². The zero-order chi connectivity index (χ0) is 15.4. The number of hydrogen-bond acceptors (Lipinski definition) is 7. The molecule has 2 aromatic heterocycles. The maximum atomic E-state index is 10.9. The smallest absolute Gasteiger partial charge is 0.276 e. The van der Waals surface area contributed by atoms with E-state index in [1.165, 1.54) is 12.1 Å². The highest BCUT2D eigenvalue weighted by molar-refractivity contribution is 5.54. The second-order valence-corrected chi connectivity index (χ2v) is 4.49. The number of aryl methyl sites for hydroxylation is 2. The van der Waals surface area contributed by atoms with Crippen molar-refractivity contribution < 1.29 is 9.34 Å². The van der Waals surface area contributed by atoms with Crippen LogP contribution in [0, 0.1) is 24.0 Å². The van der Waals surface area contributed by atoms with Crippen LogP contribution in [-0.4, -0.2) is 21.4 Å². The fraction of sp³-hybridized carbons (Fsp3) is 0.385. The molecule has 0 aliphatic rings. The molecular formula is C13H17N5O3. The molecular weight excluding hydrogens is 274 g/mol. The predicted octanol–water partition coefficient (Wildman–Crippen LogP) is 2.64. The molecule has 0 amide bonds. The number of rotatable bonds is 6. The summed E-state index contributed by atoms with van der Waals surface area (Å²) < 4.78 is 5.44. The summed E-state index contributed by atoms with van der Waals surface area (Å²) in [6, 6.07) is 2.78. The molecule has 2 N–H and O–H groups in total. The maximum absolute atomic E-state index is 10.9. The van der Waals surface area contributed by atoms with Gasteiger partial charge in [-0.1, -0.05) is 0 Å². The van der Waals surface area contributed by atoms with Crippen LogP contribution >= 0.6 is 0 Å². The van der Waals surface area contributed by atoms with E-state index in [1.54, 1.807) is 0 Å². The van der Waals surface area contributed by atoms with Gasteiger partial charge in [0.15, 0.2) is 0 Å². The van der Waals surface area contributed by atoms with E-state index < -0.39 is 4.92 Å². The quantitative estimate of drug-likeness (QED) is 0.622. The minimum Gasteiger partial charge on any atom is -0.444 e. The summed E-state index contributed by atoms with van der Waals surface area (Å²) in [5.74, 6) is 2.12. The number of aromatic nitrogens is 2. The molecule has 21 heavy (non-hydrogen) atoms. The third-order valence-electron chi connectivity index (χ3n) is 2.87. The van der Waals surface area contributed by atoms with Crippen LogP contribution in [0.5, 0.6) is 0 Å². The molecule has 8 nitrogen and oxygen atoms in total. The van der Waals surface area contributed by atoms with Crippen LogP contribution in [0.2, 0.25) is 0 Å². The van der Waals surface area contributed by atoms with Gasteiger partial charge < -0.3 is 15.1 Å². The standard InChI is InChI=1S/C13H17N5O3/c1-4-14-11-5-10(18(19)20)6-12(17-11)15-7-13-16-8(2)9(3)21-13/h5-6H,4,7H2,1-3H3,(H2,14,15,17). The Balaban J connectivity index is 2.16. The molecule has 112 valence electrons. The second-order valence-electron chi connectivity index (χ2n) is 4.49. The maximum Gasteiger partial charge on any atom is 0.276 e. The summed E-state index contributed by atoms with van der Waals surface area (Å²) in [5, 5.41) is 16.9. The van der Waals surface area contributed by atoms with Gasteiger partial charge in [0.25, 0.3) is 5.69 Å². The summed E-state index contributed by atoms with van der Waals surface area (Å²) >= 11 is 0. The first-order chi connectivity index (χ1) is 9.99. The third kappa shape index (κ3) is 3.68. The number of nitrogens with one attached hydrogen (secondary N) is 2. The first-order valence-corrected chi connectivity index (χ1v) is 6.56. The Hall–Kier alpha value is -2.64. The Morgan fingerprint density at radius 3 is 2.43 bits per heavy atom. The number of pyridine rings is 1. The molecule has 0 unspecified atom stereocenters. The van der Waals surface area contributed by atoms with Crippen molar-refractivity contribution in [3.63, 3.8) is 0 Å². The van der Waals surface area contributed by atoms with Crippen molar-refractivity contribution >= 4 is 17.3 Å². The fourth-order valence-corrected chi connectivity index (χ4v) is 1.76. The Bertz CT molecular complexity index is 634. The van der Waals surface area contributed by atoms with Gasteiger partial charge in [-0.05, 0) is 20.8 Å². The predicted molar refractivity (Wildman–Crippen MR) is 78.4 cm³/mol. The molecule has 0 aliphatic carbocycles. The number of oxazole rings is 1. The van der Waals surface area contributed by atoms with Crippen LogP contribution in [0.1, 0.15) is 24.3 Å². The van der Waals surface area contributed by atoms with Gasteiger partial charge >= 0.3 is 0 Å². The van der Waals surface area contributed by atoms with E-state index in [0.717, 1.165) is 11.5 Å². The fourth-order valence-electron chi connectivity index (χ4n) is 1.76. The molecule has 0 bridgehead atoms. The zero-order valence-electron chi connectivity index (χ0n) is 12.1. The first kappa shape index (κ1) is 14.8. The lowest BCUT2D eigenvalue weighted by Crippen LogP contribution is -2.06. The lowest BCUT2D eigenvalue weighted by atomic mass is 10.3. The van der Waals surface area contributed by atoms with Crippen LogP contribution in [-0.2, 0) is 6.54 Å². The lowest BCUT2D eigenvalue weighted by molar-refractivity contribution is -0.384. The van der Waals surface area contributed by atoms with Crippen molar-refractivity contribution in [2.45, 2.75) is 27.3 Å². The third-order valence-corrected chi connectivity index (χ3v) is 2.87. The first-order valence-electron chi connectivity index (χ1n) is 6.56. The molecule has 0 saturated heterocycles. The molecule has 0 fully saturated rings. The molecule has 0 radical (unpaired) electrons. The minimum absolute atomic E-state index is 0.0248. The lowest BCUT2D eigenvalue weighted by Gasteiger charge is -2.07. The van der Waals surface area contributed by atoms with Crippen molar-refractivity contribution in [1.29, 1.82) is 0 Å². The van der Waals surface area contributed by atoms with E-state index in [1.807, 2.05) is 20.8 Å². The molecule has 0 spiro atoms. The summed E-state index contributed by atoms with van der Waals surface area (Å²) in [6.07, 6.45) is 0. The van der Waals surface area contributed by atoms with Crippen molar-refractivity contribution in [3.05, 3.63) is 39.6 Å². The second kappa shape index (κ2) is 6.21. The minimum atomic E-state index is -0.451. The Labute approximate surface area is 121 Å². The molecule has 0 aromatic carbocycles. The number of anilines is 2. The number of nitro groups is 1. The van der Waals surface area contributed by atoms with E-state index in [0.29, 0.717) is 30.6 Å². The highest BCUT2D eigenvalue weighted by Crippen LogP contribution is 2.21. The topological polar surface area (TPSA) is 106 Å². The van der Waals surface area contributed by atoms with Crippen LogP contribution in [0.25, 0.3) is 0 Å². The Morgan fingerprint density at radius 1 is 1.24 bits per heavy atom. The number of nitrogens with zero attached hydrogens (tertiary/aromatic N) is 3. The highest BCUT2D eigenvalue weighted by atomic mass is 16.6. The number of hydrogen-bond donors (Lipinski definition) is 2. The molecule has 0 saturated carbocycles. The van der Waals surface area contributed by atoms with Crippen LogP contribution in [0.4, 0.5) is 17.3 Å². The van der Waals surface area contributed by atoms with Crippen LogP contribution in [0.3, 0.4) is 0 Å². The SMILES string of the molecule is CCNc1cc([N+](=O)[O-])cc(NCc2nc(C)c(C)o2)n1. The van der Waals surface area contributed by atoms with E-state index >= 15 is 0 Å². The summed E-state index contributed by atoms with van der Waals surface area (Å²) in [4.78, 5) is 19.0. The van der Waals surface area contributed by atoms with Crippen molar-refractivity contribution in [1.82, 2.24) is 9.97 Å². The van der Waals surface area contributed by atoms with Gasteiger partial charge in [-0.25, -0.2) is 9.97 Å². The molecule has 0 atom stereocenters.